The predicted octanol–water partition coefficient (Wildman–Crippen LogP) is 1.64. The van der Waals surface area contributed by atoms with Crippen LogP contribution in [0.5, 0.6) is 0 Å². The topological polar surface area (TPSA) is 87.8 Å². The Morgan fingerprint density at radius 2 is 2.00 bits per heavy atom. The van der Waals surface area contributed by atoms with Crippen LogP contribution >= 0.6 is 11.3 Å². The maximum absolute atomic E-state index is 12.4. The fourth-order valence-corrected chi connectivity index (χ4v) is 4.89. The van der Waals surface area contributed by atoms with Crippen LogP contribution in [0, 0.1) is 0 Å². The molecule has 22 heavy (non-hydrogen) atoms. The Kier molecular flexibility index (Phi) is 7.84. The number of guanidine groups is 1. The van der Waals surface area contributed by atoms with Crippen molar-refractivity contribution in [1.82, 2.24) is 9.62 Å². The Bertz CT molecular complexity index is 577. The van der Waals surface area contributed by atoms with Crippen molar-refractivity contribution in [1.29, 1.82) is 0 Å². The molecule has 8 heteroatoms. The van der Waals surface area contributed by atoms with E-state index >= 15 is 0 Å². The minimum Gasteiger partial charge on any atom is -0.370 e. The van der Waals surface area contributed by atoms with E-state index in [1.807, 2.05) is 26.8 Å². The molecule has 1 heterocycles. The summed E-state index contributed by atoms with van der Waals surface area (Å²) in [6.45, 7) is 8.06. The molecule has 0 saturated heterocycles. The third-order valence-electron chi connectivity index (χ3n) is 3.12. The minimum absolute atomic E-state index is 0.402. The third kappa shape index (κ3) is 5.26. The summed E-state index contributed by atoms with van der Waals surface area (Å²) >= 11 is 1.32. The zero-order chi connectivity index (χ0) is 16.6. The number of hydrogen-bond donors (Lipinski definition) is 2. The molecule has 3 N–H and O–H groups in total. The van der Waals surface area contributed by atoms with Gasteiger partial charge in [-0.05, 0) is 25.0 Å². The molecule has 0 radical (unpaired) electrons. The predicted molar refractivity (Wildman–Crippen MR) is 92.9 cm³/mol. The zero-order valence-electron chi connectivity index (χ0n) is 13.5. The first-order valence-electron chi connectivity index (χ1n) is 7.58. The molecular weight excluding hydrogens is 320 g/mol. The van der Waals surface area contributed by atoms with E-state index in [2.05, 4.69) is 10.3 Å². The molecular formula is C14H26N4O2S2. The van der Waals surface area contributed by atoms with E-state index in [0.717, 1.165) is 17.7 Å². The lowest BCUT2D eigenvalue weighted by atomic mass is 10.3. The molecule has 0 aliphatic heterocycles. The summed E-state index contributed by atoms with van der Waals surface area (Å²) in [5.74, 6) is 0.439. The summed E-state index contributed by atoms with van der Waals surface area (Å²) in [5.41, 5.74) is 5.71. The van der Waals surface area contributed by atoms with Crippen molar-refractivity contribution in [3.8, 4) is 0 Å². The molecule has 6 nitrogen and oxygen atoms in total. The molecule has 0 fully saturated rings. The second-order valence-electron chi connectivity index (χ2n) is 4.75. The van der Waals surface area contributed by atoms with E-state index < -0.39 is 10.0 Å². The summed E-state index contributed by atoms with van der Waals surface area (Å²) in [6.07, 6.45) is 1.68. The Hall–Kier alpha value is -1.12. The molecule has 0 unspecified atom stereocenters. The highest BCUT2D eigenvalue weighted by Crippen LogP contribution is 2.25. The fraction of sp³-hybridized carbons (Fsp3) is 0.643. The molecule has 1 aromatic heterocycles. The van der Waals surface area contributed by atoms with E-state index in [9.17, 15) is 8.42 Å². The highest BCUT2D eigenvalue weighted by atomic mass is 32.2. The van der Waals surface area contributed by atoms with Crippen LogP contribution in [-0.4, -0.2) is 44.9 Å². The second-order valence-corrected chi connectivity index (χ2v) is 8.09. The van der Waals surface area contributed by atoms with Crippen LogP contribution in [0.2, 0.25) is 0 Å². The number of rotatable bonds is 9. The normalized spacial score (nSPS) is 12.8. The van der Waals surface area contributed by atoms with Gasteiger partial charge in [0.05, 0.1) is 0 Å². The highest BCUT2D eigenvalue weighted by molar-refractivity contribution is 7.91. The van der Waals surface area contributed by atoms with Crippen molar-refractivity contribution in [3.05, 3.63) is 17.0 Å². The lowest BCUT2D eigenvalue weighted by molar-refractivity contribution is 0.447. The van der Waals surface area contributed by atoms with Crippen molar-refractivity contribution < 1.29 is 8.42 Å². The van der Waals surface area contributed by atoms with Crippen molar-refractivity contribution in [2.45, 2.75) is 37.8 Å². The molecule has 0 amide bonds. The molecule has 1 aromatic rings. The average molecular weight is 347 g/mol. The Morgan fingerprint density at radius 1 is 1.32 bits per heavy atom. The first-order valence-corrected chi connectivity index (χ1v) is 9.83. The second kappa shape index (κ2) is 9.12. The van der Waals surface area contributed by atoms with Crippen molar-refractivity contribution in [2.24, 2.45) is 10.7 Å². The molecule has 0 spiro atoms. The quantitative estimate of drug-likeness (QED) is 0.525. The van der Waals surface area contributed by atoms with Gasteiger partial charge in [0.2, 0.25) is 0 Å². The summed E-state index contributed by atoms with van der Waals surface area (Å²) in [4.78, 5) is 5.16. The fourth-order valence-electron chi connectivity index (χ4n) is 1.92. The number of hydrogen-bond acceptors (Lipinski definition) is 4. The molecule has 0 aliphatic rings. The van der Waals surface area contributed by atoms with Crippen LogP contribution in [0.15, 0.2) is 21.3 Å². The molecule has 0 atom stereocenters. The number of nitrogens with one attached hydrogen (secondary N) is 1. The molecule has 0 aromatic carbocycles. The van der Waals surface area contributed by atoms with E-state index in [-0.39, 0.29) is 0 Å². The van der Waals surface area contributed by atoms with Gasteiger partial charge < -0.3 is 11.1 Å². The van der Waals surface area contributed by atoms with Crippen LogP contribution in [-0.2, 0) is 16.4 Å². The van der Waals surface area contributed by atoms with Gasteiger partial charge in [-0.3, -0.25) is 4.99 Å². The van der Waals surface area contributed by atoms with Crippen molar-refractivity contribution >= 4 is 27.3 Å². The minimum atomic E-state index is -3.35. The zero-order valence-corrected chi connectivity index (χ0v) is 15.1. The lowest BCUT2D eigenvalue weighted by Gasteiger charge is -2.16. The van der Waals surface area contributed by atoms with Crippen molar-refractivity contribution in [2.75, 3.05) is 26.2 Å². The van der Waals surface area contributed by atoms with Gasteiger partial charge in [0, 0.05) is 31.1 Å². The largest absolute Gasteiger partial charge is 0.370 e. The van der Waals surface area contributed by atoms with E-state index in [1.165, 1.54) is 15.6 Å². The van der Waals surface area contributed by atoms with Crippen LogP contribution in [0.1, 0.15) is 32.1 Å². The standard InChI is InChI=1S/C14H26N4O2S2/c1-4-10-16-14(15)17-11-9-12-7-8-13(21-12)22(19,20)18(5-2)6-3/h7-8H,4-6,9-11H2,1-3H3,(H3,15,16,17). The van der Waals surface area contributed by atoms with E-state index in [0.29, 0.717) is 36.3 Å². The summed E-state index contributed by atoms with van der Waals surface area (Å²) in [7, 11) is -3.35. The van der Waals surface area contributed by atoms with Crippen LogP contribution in [0.4, 0.5) is 0 Å². The third-order valence-corrected chi connectivity index (χ3v) is 6.78. The van der Waals surface area contributed by atoms with E-state index in [1.54, 1.807) is 6.07 Å². The van der Waals surface area contributed by atoms with Gasteiger partial charge in [0.15, 0.2) is 5.96 Å². The highest BCUT2D eigenvalue weighted by Gasteiger charge is 2.23. The van der Waals surface area contributed by atoms with Gasteiger partial charge in [0.1, 0.15) is 4.21 Å². The maximum Gasteiger partial charge on any atom is 0.252 e. The average Bonchev–Trinajstić information content (AvgIpc) is 2.95. The van der Waals surface area contributed by atoms with Gasteiger partial charge in [0.25, 0.3) is 10.0 Å². The molecule has 0 bridgehead atoms. The lowest BCUT2D eigenvalue weighted by Crippen LogP contribution is -2.33. The summed E-state index contributed by atoms with van der Waals surface area (Å²) < 4.78 is 26.6. The van der Waals surface area contributed by atoms with Crippen LogP contribution < -0.4 is 11.1 Å². The number of nitrogens with zero attached hydrogens (tertiary/aromatic N) is 2. The Labute approximate surface area is 137 Å². The van der Waals surface area contributed by atoms with Crippen LogP contribution in [0.25, 0.3) is 0 Å². The Balaban J connectivity index is 2.62. The molecule has 126 valence electrons. The van der Waals surface area contributed by atoms with Gasteiger partial charge in [-0.15, -0.1) is 11.3 Å². The Morgan fingerprint density at radius 3 is 2.59 bits per heavy atom. The van der Waals surface area contributed by atoms with Gasteiger partial charge in [-0.2, -0.15) is 4.31 Å². The summed E-state index contributed by atoms with van der Waals surface area (Å²) in [6, 6.07) is 3.55. The number of sulfonamides is 1. The molecule has 0 aliphatic carbocycles. The van der Waals surface area contributed by atoms with Crippen molar-refractivity contribution in [3.63, 3.8) is 0 Å². The number of thiophene rings is 1. The van der Waals surface area contributed by atoms with Gasteiger partial charge in [-0.1, -0.05) is 20.8 Å². The summed E-state index contributed by atoms with van der Waals surface area (Å²) in [5, 5.41) is 3.03. The first kappa shape index (κ1) is 18.9. The first-order chi connectivity index (χ1) is 10.5. The molecule has 1 rings (SSSR count). The maximum atomic E-state index is 12.4. The monoisotopic (exact) mass is 346 g/mol. The number of aliphatic imine (C=N–C) groups is 1. The molecule has 0 saturated carbocycles. The van der Waals surface area contributed by atoms with E-state index in [4.69, 9.17) is 5.73 Å². The smallest absolute Gasteiger partial charge is 0.252 e. The SMILES string of the molecule is CCCN=C(N)NCCc1ccc(S(=O)(=O)N(CC)CC)s1. The van der Waals surface area contributed by atoms with Gasteiger partial charge >= 0.3 is 0 Å². The van der Waals surface area contributed by atoms with Crippen LogP contribution in [0.3, 0.4) is 0 Å². The number of nitrogens with two attached hydrogens (primary N) is 1. The van der Waals surface area contributed by atoms with Gasteiger partial charge in [-0.25, -0.2) is 8.42 Å².